The third-order valence-electron chi connectivity index (χ3n) is 4.89. The molecule has 138 valence electrons. The molecule has 5 heteroatoms. The van der Waals surface area contributed by atoms with Crippen molar-refractivity contribution in [2.24, 2.45) is 0 Å². The lowest BCUT2D eigenvalue weighted by Crippen LogP contribution is -2.25. The molecule has 1 aromatic carbocycles. The van der Waals surface area contributed by atoms with E-state index in [4.69, 9.17) is 5.10 Å². The number of amides is 1. The Balaban J connectivity index is 1.72. The first-order valence-electron chi connectivity index (χ1n) is 9.50. The highest BCUT2D eigenvalue weighted by atomic mass is 16.1. The van der Waals surface area contributed by atoms with Crippen LogP contribution in [0.1, 0.15) is 65.8 Å². The Hall–Kier alpha value is -2.95. The van der Waals surface area contributed by atoms with Gasteiger partial charge < -0.3 is 5.32 Å². The molecule has 1 amide bonds. The molecule has 27 heavy (non-hydrogen) atoms. The number of carbonyl (C=O) groups is 1. The van der Waals surface area contributed by atoms with Crippen molar-refractivity contribution in [3.05, 3.63) is 77.4 Å². The van der Waals surface area contributed by atoms with E-state index >= 15 is 0 Å². The topological polar surface area (TPSA) is 59.8 Å². The van der Waals surface area contributed by atoms with E-state index in [0.29, 0.717) is 12.5 Å². The minimum absolute atomic E-state index is 0.0420. The summed E-state index contributed by atoms with van der Waals surface area (Å²) in [6, 6.07) is 13.9. The molecular formula is C22H24N4O. The van der Waals surface area contributed by atoms with Gasteiger partial charge in [0.1, 0.15) is 0 Å². The molecule has 0 bridgehead atoms. The molecule has 2 heterocycles. The number of carbonyl (C=O) groups excluding carboxylic acids is 1. The first kappa shape index (κ1) is 17.5. The zero-order valence-electron chi connectivity index (χ0n) is 15.7. The van der Waals surface area contributed by atoms with Crippen LogP contribution in [-0.2, 0) is 6.54 Å². The van der Waals surface area contributed by atoms with Gasteiger partial charge in [0.15, 0.2) is 0 Å². The van der Waals surface area contributed by atoms with Gasteiger partial charge in [-0.05, 0) is 48.6 Å². The predicted octanol–water partition coefficient (Wildman–Crippen LogP) is 4.20. The van der Waals surface area contributed by atoms with Crippen molar-refractivity contribution in [3.63, 3.8) is 0 Å². The largest absolute Gasteiger partial charge is 0.348 e. The fourth-order valence-electron chi connectivity index (χ4n) is 3.39. The summed E-state index contributed by atoms with van der Waals surface area (Å²) in [6.07, 6.45) is 5.69. The molecular weight excluding hydrogens is 336 g/mol. The molecule has 0 atom stereocenters. The number of para-hydroxylation sites is 1. The van der Waals surface area contributed by atoms with Crippen LogP contribution in [-0.4, -0.2) is 20.7 Å². The van der Waals surface area contributed by atoms with Crippen LogP contribution in [0.5, 0.6) is 0 Å². The second-order valence-electron chi connectivity index (χ2n) is 7.36. The van der Waals surface area contributed by atoms with Crippen molar-refractivity contribution >= 4 is 5.91 Å². The van der Waals surface area contributed by atoms with E-state index in [1.54, 1.807) is 12.4 Å². The van der Waals surface area contributed by atoms with Crippen LogP contribution in [0, 0.1) is 0 Å². The van der Waals surface area contributed by atoms with Crippen LogP contribution >= 0.6 is 0 Å². The minimum Gasteiger partial charge on any atom is -0.348 e. The van der Waals surface area contributed by atoms with Crippen LogP contribution in [0.25, 0.3) is 5.69 Å². The quantitative estimate of drug-likeness (QED) is 0.717. The molecule has 1 aliphatic rings. The van der Waals surface area contributed by atoms with Gasteiger partial charge in [0.05, 0.1) is 22.6 Å². The Kier molecular flexibility index (Phi) is 4.75. The molecule has 1 aliphatic carbocycles. The number of hydrogen-bond acceptors (Lipinski definition) is 3. The number of hydrogen-bond donors (Lipinski definition) is 1. The van der Waals surface area contributed by atoms with Gasteiger partial charge in [0.2, 0.25) is 0 Å². The number of aromatic nitrogens is 3. The number of nitrogens with zero attached hydrogens (tertiary/aromatic N) is 3. The summed E-state index contributed by atoms with van der Waals surface area (Å²) in [6.45, 7) is 4.72. The van der Waals surface area contributed by atoms with Crippen molar-refractivity contribution < 1.29 is 4.79 Å². The van der Waals surface area contributed by atoms with Crippen molar-refractivity contribution in [1.29, 1.82) is 0 Å². The van der Waals surface area contributed by atoms with E-state index in [2.05, 4.69) is 24.1 Å². The second kappa shape index (κ2) is 7.35. The molecule has 2 aromatic heterocycles. The van der Waals surface area contributed by atoms with Gasteiger partial charge in [-0.1, -0.05) is 32.0 Å². The fraction of sp³-hybridized carbons (Fsp3) is 0.318. The monoisotopic (exact) mass is 360 g/mol. The SMILES string of the molecule is CC(C)c1c(C(=O)NCc2ccncc2)c(C2CC2)nn1-c1ccccc1. The molecule has 1 N–H and O–H groups in total. The van der Waals surface area contributed by atoms with E-state index in [9.17, 15) is 4.79 Å². The van der Waals surface area contributed by atoms with Crippen molar-refractivity contribution in [2.75, 3.05) is 0 Å². The summed E-state index contributed by atoms with van der Waals surface area (Å²) < 4.78 is 1.96. The van der Waals surface area contributed by atoms with Crippen LogP contribution in [0.3, 0.4) is 0 Å². The van der Waals surface area contributed by atoms with E-state index in [-0.39, 0.29) is 11.8 Å². The lowest BCUT2D eigenvalue weighted by Gasteiger charge is -2.13. The normalized spacial score (nSPS) is 13.7. The molecule has 3 aromatic rings. The van der Waals surface area contributed by atoms with Crippen LogP contribution in [0.2, 0.25) is 0 Å². The first-order chi connectivity index (χ1) is 13.1. The van der Waals surface area contributed by atoms with Gasteiger partial charge in [-0.3, -0.25) is 9.78 Å². The summed E-state index contributed by atoms with van der Waals surface area (Å²) in [5.41, 5.74) is 4.71. The molecule has 0 spiro atoms. The van der Waals surface area contributed by atoms with Gasteiger partial charge in [0.25, 0.3) is 5.91 Å². The average molecular weight is 360 g/mol. The van der Waals surface area contributed by atoms with Gasteiger partial charge in [0, 0.05) is 24.9 Å². The number of pyridine rings is 1. The average Bonchev–Trinajstić information content (AvgIpc) is 3.46. The maximum atomic E-state index is 13.2. The van der Waals surface area contributed by atoms with Gasteiger partial charge in [-0.2, -0.15) is 5.10 Å². The van der Waals surface area contributed by atoms with Crippen molar-refractivity contribution in [2.45, 2.75) is 45.1 Å². The third kappa shape index (κ3) is 3.63. The Bertz CT molecular complexity index is 928. The Morgan fingerprint density at radius 2 is 1.85 bits per heavy atom. The fourth-order valence-corrected chi connectivity index (χ4v) is 3.39. The first-order valence-corrected chi connectivity index (χ1v) is 9.50. The molecule has 0 aliphatic heterocycles. The van der Waals surface area contributed by atoms with Crippen LogP contribution in [0.4, 0.5) is 0 Å². The summed E-state index contributed by atoms with van der Waals surface area (Å²) in [4.78, 5) is 17.2. The number of benzene rings is 1. The van der Waals surface area contributed by atoms with E-state index < -0.39 is 0 Å². The van der Waals surface area contributed by atoms with E-state index in [0.717, 1.165) is 41.0 Å². The van der Waals surface area contributed by atoms with Crippen LogP contribution in [0.15, 0.2) is 54.9 Å². The molecule has 0 unspecified atom stereocenters. The minimum atomic E-state index is -0.0420. The highest BCUT2D eigenvalue weighted by Gasteiger charge is 2.35. The second-order valence-corrected chi connectivity index (χ2v) is 7.36. The smallest absolute Gasteiger partial charge is 0.255 e. The summed E-state index contributed by atoms with van der Waals surface area (Å²) in [7, 11) is 0. The zero-order chi connectivity index (χ0) is 18.8. The van der Waals surface area contributed by atoms with Crippen molar-refractivity contribution in [1.82, 2.24) is 20.1 Å². The highest BCUT2D eigenvalue weighted by Crippen LogP contribution is 2.43. The Labute approximate surface area is 159 Å². The van der Waals surface area contributed by atoms with Crippen molar-refractivity contribution in [3.8, 4) is 5.69 Å². The van der Waals surface area contributed by atoms with Gasteiger partial charge >= 0.3 is 0 Å². The number of nitrogens with one attached hydrogen (secondary N) is 1. The molecule has 4 rings (SSSR count). The van der Waals surface area contributed by atoms with Crippen LogP contribution < -0.4 is 5.32 Å². The summed E-state index contributed by atoms with van der Waals surface area (Å²) >= 11 is 0. The lowest BCUT2D eigenvalue weighted by atomic mass is 10.0. The zero-order valence-corrected chi connectivity index (χ0v) is 15.7. The Morgan fingerprint density at radius 3 is 2.48 bits per heavy atom. The van der Waals surface area contributed by atoms with E-state index in [1.165, 1.54) is 0 Å². The molecule has 1 saturated carbocycles. The maximum absolute atomic E-state index is 13.2. The summed E-state index contributed by atoms with van der Waals surface area (Å²) in [5, 5.41) is 7.96. The van der Waals surface area contributed by atoms with Gasteiger partial charge in [-0.25, -0.2) is 4.68 Å². The highest BCUT2D eigenvalue weighted by molar-refractivity contribution is 5.97. The number of rotatable bonds is 6. The molecule has 1 fully saturated rings. The summed E-state index contributed by atoms with van der Waals surface area (Å²) in [5.74, 6) is 0.542. The predicted molar refractivity (Wildman–Crippen MR) is 105 cm³/mol. The Morgan fingerprint density at radius 1 is 1.15 bits per heavy atom. The molecule has 5 nitrogen and oxygen atoms in total. The molecule has 0 radical (unpaired) electrons. The maximum Gasteiger partial charge on any atom is 0.255 e. The standard InChI is InChI=1S/C22H24N4O/c1-15(2)21-19(22(27)24-14-16-10-12-23-13-11-16)20(17-8-9-17)25-26(21)18-6-4-3-5-7-18/h3-7,10-13,15,17H,8-9,14H2,1-2H3,(H,24,27). The lowest BCUT2D eigenvalue weighted by molar-refractivity contribution is 0.0948. The van der Waals surface area contributed by atoms with E-state index in [1.807, 2.05) is 47.1 Å². The molecule has 0 saturated heterocycles. The third-order valence-corrected chi connectivity index (χ3v) is 4.89. The van der Waals surface area contributed by atoms with Gasteiger partial charge in [-0.15, -0.1) is 0 Å².